The predicted molar refractivity (Wildman–Crippen MR) is 96.1 cm³/mol. The number of alkyl halides is 3. The summed E-state index contributed by atoms with van der Waals surface area (Å²) in [6, 6.07) is 1.47. The Kier molecular flexibility index (Phi) is 9.65. The van der Waals surface area contributed by atoms with Crippen LogP contribution in [0.4, 0.5) is 13.2 Å². The first kappa shape index (κ1) is 23.0. The summed E-state index contributed by atoms with van der Waals surface area (Å²) in [6.07, 6.45) is -2.14. The molecule has 1 aromatic heterocycles. The Hall–Kier alpha value is -1.02. The fourth-order valence-electron chi connectivity index (χ4n) is 1.63. The fraction of sp³-hybridized carbons (Fsp3) is 0.583. The van der Waals surface area contributed by atoms with E-state index in [4.69, 9.17) is 0 Å². The van der Waals surface area contributed by atoms with Gasteiger partial charge in [0.25, 0.3) is 0 Å². The lowest BCUT2D eigenvalue weighted by Crippen LogP contribution is -2.42. The van der Waals surface area contributed by atoms with Gasteiger partial charge in [0.15, 0.2) is 5.96 Å². The Morgan fingerprint density at radius 1 is 1.25 bits per heavy atom. The zero-order valence-electron chi connectivity index (χ0n) is 13.2. The van der Waals surface area contributed by atoms with Gasteiger partial charge >= 0.3 is 6.18 Å². The SMILES string of the molecule is CN=C(NCCNS(=O)(=O)c1ccn(C)c1)NCCC(F)(F)F.I. The van der Waals surface area contributed by atoms with Gasteiger partial charge in [-0.25, -0.2) is 13.1 Å². The van der Waals surface area contributed by atoms with Crippen LogP contribution in [0, 0.1) is 0 Å². The van der Waals surface area contributed by atoms with Gasteiger partial charge < -0.3 is 15.2 Å². The molecule has 1 heterocycles. The number of aromatic nitrogens is 1. The van der Waals surface area contributed by atoms with E-state index in [0.717, 1.165) is 0 Å². The molecular formula is C12H21F3IN5O2S. The van der Waals surface area contributed by atoms with Crippen molar-refractivity contribution < 1.29 is 21.6 Å². The lowest BCUT2D eigenvalue weighted by Gasteiger charge is -2.13. The van der Waals surface area contributed by atoms with Gasteiger partial charge in [-0.2, -0.15) is 13.2 Å². The van der Waals surface area contributed by atoms with Gasteiger partial charge in [-0.1, -0.05) is 0 Å². The monoisotopic (exact) mass is 483 g/mol. The van der Waals surface area contributed by atoms with Crippen LogP contribution >= 0.6 is 24.0 Å². The Balaban J connectivity index is 0.00000529. The predicted octanol–water partition coefficient (Wildman–Crippen LogP) is 1.04. The second-order valence-corrected chi connectivity index (χ2v) is 6.47. The zero-order valence-corrected chi connectivity index (χ0v) is 16.4. The van der Waals surface area contributed by atoms with Crippen molar-refractivity contribution in [1.82, 2.24) is 19.9 Å². The number of halogens is 4. The molecule has 0 fully saturated rings. The van der Waals surface area contributed by atoms with Crippen LogP contribution in [-0.2, 0) is 17.1 Å². The van der Waals surface area contributed by atoms with Gasteiger partial charge in [-0.15, -0.1) is 24.0 Å². The second kappa shape index (κ2) is 10.1. The second-order valence-electron chi connectivity index (χ2n) is 4.70. The van der Waals surface area contributed by atoms with Crippen molar-refractivity contribution >= 4 is 40.0 Å². The number of rotatable bonds is 7. The average Bonchev–Trinajstić information content (AvgIpc) is 2.87. The van der Waals surface area contributed by atoms with E-state index < -0.39 is 22.6 Å². The Morgan fingerprint density at radius 2 is 1.88 bits per heavy atom. The Labute approximate surface area is 156 Å². The molecule has 0 radical (unpaired) electrons. The molecule has 3 N–H and O–H groups in total. The van der Waals surface area contributed by atoms with Crippen LogP contribution in [0.15, 0.2) is 28.3 Å². The molecule has 24 heavy (non-hydrogen) atoms. The van der Waals surface area contributed by atoms with Crippen molar-refractivity contribution in [2.75, 3.05) is 26.7 Å². The third-order valence-corrected chi connectivity index (χ3v) is 4.20. The van der Waals surface area contributed by atoms with E-state index in [0.29, 0.717) is 0 Å². The zero-order chi connectivity index (χ0) is 17.5. The number of aliphatic imine (C=N–C) groups is 1. The van der Waals surface area contributed by atoms with Crippen LogP contribution in [0.2, 0.25) is 0 Å². The highest BCUT2D eigenvalue weighted by Crippen LogP contribution is 2.17. The molecule has 0 aliphatic carbocycles. The molecule has 140 valence electrons. The summed E-state index contributed by atoms with van der Waals surface area (Å²) in [4.78, 5) is 3.90. The Morgan fingerprint density at radius 3 is 2.38 bits per heavy atom. The van der Waals surface area contributed by atoms with Gasteiger partial charge in [-0.05, 0) is 6.07 Å². The molecule has 7 nitrogen and oxygen atoms in total. The number of aryl methyl sites for hydroxylation is 1. The van der Waals surface area contributed by atoms with Gasteiger partial charge in [0.1, 0.15) is 0 Å². The summed E-state index contributed by atoms with van der Waals surface area (Å²) in [5, 5.41) is 5.22. The van der Waals surface area contributed by atoms with Crippen LogP contribution < -0.4 is 15.4 Å². The molecule has 0 saturated carbocycles. The molecule has 0 unspecified atom stereocenters. The summed E-state index contributed by atoms with van der Waals surface area (Å²) in [5.74, 6) is 0.174. The highest BCUT2D eigenvalue weighted by atomic mass is 127. The first-order chi connectivity index (χ1) is 10.6. The lowest BCUT2D eigenvalue weighted by molar-refractivity contribution is -0.132. The first-order valence-corrected chi connectivity index (χ1v) is 8.25. The normalized spacial score (nSPS) is 12.6. The average molecular weight is 483 g/mol. The summed E-state index contributed by atoms with van der Waals surface area (Å²) in [6.45, 7) is -0.0616. The van der Waals surface area contributed by atoms with Crippen LogP contribution in [0.1, 0.15) is 6.42 Å². The van der Waals surface area contributed by atoms with E-state index >= 15 is 0 Å². The number of nitrogens with one attached hydrogen (secondary N) is 3. The molecule has 0 spiro atoms. The maximum atomic E-state index is 12.0. The Bertz CT molecular complexity index is 631. The van der Waals surface area contributed by atoms with E-state index in [2.05, 4.69) is 20.3 Å². The van der Waals surface area contributed by atoms with E-state index in [1.54, 1.807) is 17.8 Å². The molecule has 0 atom stereocenters. The number of hydrogen-bond acceptors (Lipinski definition) is 3. The molecule has 0 bridgehead atoms. The minimum Gasteiger partial charge on any atom is -0.356 e. The van der Waals surface area contributed by atoms with Crippen molar-refractivity contribution in [3.05, 3.63) is 18.5 Å². The van der Waals surface area contributed by atoms with Crippen LogP contribution in [-0.4, -0.2) is 51.8 Å². The minimum atomic E-state index is -4.24. The van der Waals surface area contributed by atoms with Crippen molar-refractivity contribution in [3.8, 4) is 0 Å². The quantitative estimate of drug-likeness (QED) is 0.234. The number of guanidine groups is 1. The van der Waals surface area contributed by atoms with Crippen molar-refractivity contribution in [2.24, 2.45) is 12.0 Å². The molecule has 0 aliphatic heterocycles. The third kappa shape index (κ3) is 8.73. The maximum Gasteiger partial charge on any atom is 0.390 e. The highest BCUT2D eigenvalue weighted by molar-refractivity contribution is 14.0. The molecule has 1 rings (SSSR count). The van der Waals surface area contributed by atoms with Crippen LogP contribution in [0.5, 0.6) is 0 Å². The largest absolute Gasteiger partial charge is 0.390 e. The van der Waals surface area contributed by atoms with E-state index in [-0.39, 0.29) is 54.5 Å². The van der Waals surface area contributed by atoms with Gasteiger partial charge in [-0.3, -0.25) is 4.99 Å². The molecule has 0 amide bonds. The standard InChI is InChI=1S/C12H20F3N5O2S.HI/c1-16-11(17-5-4-12(13,14)15)18-6-7-19-23(21,22)10-3-8-20(2)9-10;/h3,8-9,19H,4-7H2,1-2H3,(H2,16,17,18);1H. The van der Waals surface area contributed by atoms with Crippen molar-refractivity contribution in [2.45, 2.75) is 17.5 Å². The van der Waals surface area contributed by atoms with E-state index in [1.165, 1.54) is 19.3 Å². The topological polar surface area (TPSA) is 87.5 Å². The third-order valence-electron chi connectivity index (χ3n) is 2.75. The maximum absolute atomic E-state index is 12.0. The lowest BCUT2D eigenvalue weighted by atomic mass is 10.4. The van der Waals surface area contributed by atoms with Gasteiger partial charge in [0.2, 0.25) is 10.0 Å². The molecule has 0 aromatic carbocycles. The minimum absolute atomic E-state index is 0. The molecule has 12 heteroatoms. The molecule has 1 aromatic rings. The van der Waals surface area contributed by atoms with Crippen LogP contribution in [0.25, 0.3) is 0 Å². The highest BCUT2D eigenvalue weighted by Gasteiger charge is 2.26. The summed E-state index contributed by atoms with van der Waals surface area (Å²) in [7, 11) is -0.481. The van der Waals surface area contributed by atoms with E-state index in [1.807, 2.05) is 0 Å². The number of sulfonamides is 1. The van der Waals surface area contributed by atoms with E-state index in [9.17, 15) is 21.6 Å². The smallest absolute Gasteiger partial charge is 0.356 e. The summed E-state index contributed by atoms with van der Waals surface area (Å²) >= 11 is 0. The first-order valence-electron chi connectivity index (χ1n) is 6.77. The number of hydrogen-bond donors (Lipinski definition) is 3. The van der Waals surface area contributed by atoms with Gasteiger partial charge in [0.05, 0.1) is 11.3 Å². The summed E-state index contributed by atoms with van der Waals surface area (Å²) < 4.78 is 63.9. The van der Waals surface area contributed by atoms with Crippen molar-refractivity contribution in [3.63, 3.8) is 0 Å². The molecule has 0 aliphatic rings. The van der Waals surface area contributed by atoms with Gasteiger partial charge in [0, 0.05) is 46.1 Å². The molecular weight excluding hydrogens is 462 g/mol. The molecule has 0 saturated heterocycles. The fourth-order valence-corrected chi connectivity index (χ4v) is 2.71. The van der Waals surface area contributed by atoms with Crippen LogP contribution in [0.3, 0.4) is 0 Å². The number of nitrogens with zero attached hydrogens (tertiary/aromatic N) is 2. The summed E-state index contributed by atoms with van der Waals surface area (Å²) in [5.41, 5.74) is 0. The van der Waals surface area contributed by atoms with Crippen molar-refractivity contribution in [1.29, 1.82) is 0 Å².